The molecule has 2 fully saturated rings. The molecule has 0 spiro atoms. The number of hydrogen-bond donors (Lipinski definition) is 1. The number of aryl methyl sites for hydroxylation is 1. The number of non-ortho nitro benzene ring substituents is 1. The number of carbonyl (C=O) groups is 1. The van der Waals surface area contributed by atoms with E-state index < -0.39 is 39.9 Å². The Balaban J connectivity index is 1.55. The predicted molar refractivity (Wildman–Crippen MR) is 113 cm³/mol. The van der Waals surface area contributed by atoms with Gasteiger partial charge >= 0.3 is 6.18 Å². The summed E-state index contributed by atoms with van der Waals surface area (Å²) in [6, 6.07) is 6.78. The first-order chi connectivity index (χ1) is 16.1. The molecular formula is C24H20F3NO6. The number of nitrogens with zero attached hydrogens (tertiary/aromatic N) is 1. The second-order valence-corrected chi connectivity index (χ2v) is 8.68. The average Bonchev–Trinajstić information content (AvgIpc) is 3.47. The maximum atomic E-state index is 13.6. The Kier molecular flexibility index (Phi) is 5.16. The maximum absolute atomic E-state index is 13.6. The number of benzene rings is 2. The lowest BCUT2D eigenvalue weighted by Crippen LogP contribution is -2.29. The van der Waals surface area contributed by atoms with Crippen molar-refractivity contribution >= 4 is 17.0 Å². The Morgan fingerprint density at radius 1 is 1.15 bits per heavy atom. The third kappa shape index (κ3) is 3.44. The molecule has 2 aromatic carbocycles. The molecule has 0 radical (unpaired) electrons. The molecular weight excluding hydrogens is 455 g/mol. The number of aliphatic hydroxyl groups is 1. The van der Waals surface area contributed by atoms with Gasteiger partial charge < -0.3 is 14.6 Å². The first-order valence-corrected chi connectivity index (χ1v) is 10.9. The molecule has 1 N–H and O–H groups in total. The lowest BCUT2D eigenvalue weighted by atomic mass is 9.80. The summed E-state index contributed by atoms with van der Waals surface area (Å²) in [5.74, 6) is -1.71. The Morgan fingerprint density at radius 3 is 2.47 bits per heavy atom. The second-order valence-electron chi connectivity index (χ2n) is 8.68. The number of carbonyl (C=O) groups excluding carboxylic acids is 1. The van der Waals surface area contributed by atoms with Crippen molar-refractivity contribution in [1.82, 2.24) is 0 Å². The standard InChI is InChI=1S/C24H20F3NO6/c1-2-11-3-5-13(33-16-6-4-12(28(31)32)9-15(16)24(25,26)27)10-14(11)19-22(29)20-17-7-8-18(34-17)21(20)23(19)30/h3-6,9-10,17-18,20-21,29H,2,7-8H2,1H3/t17-,18+,20-,21+/m1/s1. The van der Waals surface area contributed by atoms with Crippen molar-refractivity contribution in [1.29, 1.82) is 0 Å². The Labute approximate surface area is 191 Å². The molecule has 3 aliphatic rings. The number of nitro benzene ring substituents is 1. The van der Waals surface area contributed by atoms with Crippen LogP contribution < -0.4 is 4.74 Å². The van der Waals surface area contributed by atoms with Gasteiger partial charge in [-0.2, -0.15) is 13.2 Å². The highest BCUT2D eigenvalue weighted by Crippen LogP contribution is 2.54. The molecule has 5 rings (SSSR count). The molecule has 10 heteroatoms. The molecule has 2 bridgehead atoms. The third-order valence-electron chi connectivity index (χ3n) is 6.83. The van der Waals surface area contributed by atoms with E-state index in [-0.39, 0.29) is 35.1 Å². The highest BCUT2D eigenvalue weighted by Gasteiger charge is 2.59. The van der Waals surface area contributed by atoms with Crippen LogP contribution in [0.1, 0.15) is 36.5 Å². The molecule has 0 unspecified atom stereocenters. The largest absolute Gasteiger partial charge is 0.511 e. The smallest absolute Gasteiger partial charge is 0.420 e. The molecule has 2 heterocycles. The van der Waals surface area contributed by atoms with E-state index in [4.69, 9.17) is 9.47 Å². The van der Waals surface area contributed by atoms with Crippen LogP contribution >= 0.6 is 0 Å². The van der Waals surface area contributed by atoms with Crippen molar-refractivity contribution in [2.45, 2.75) is 44.6 Å². The van der Waals surface area contributed by atoms with Crippen molar-refractivity contribution in [3.05, 3.63) is 69.0 Å². The second kappa shape index (κ2) is 7.83. The number of nitro groups is 1. The van der Waals surface area contributed by atoms with Gasteiger partial charge in [-0.15, -0.1) is 0 Å². The van der Waals surface area contributed by atoms with Crippen LogP contribution in [0.3, 0.4) is 0 Å². The number of alkyl halides is 3. The first-order valence-electron chi connectivity index (χ1n) is 10.9. The summed E-state index contributed by atoms with van der Waals surface area (Å²) in [6.07, 6.45) is -3.30. The van der Waals surface area contributed by atoms with Crippen LogP contribution in [0.2, 0.25) is 0 Å². The number of rotatable bonds is 5. The van der Waals surface area contributed by atoms with E-state index in [1.54, 1.807) is 6.07 Å². The van der Waals surface area contributed by atoms with Gasteiger partial charge in [0.15, 0.2) is 5.78 Å². The van der Waals surface area contributed by atoms with E-state index in [1.807, 2.05) is 6.92 Å². The van der Waals surface area contributed by atoms with Gasteiger partial charge in [-0.1, -0.05) is 13.0 Å². The lowest BCUT2D eigenvalue weighted by molar-refractivity contribution is -0.385. The van der Waals surface area contributed by atoms with Gasteiger partial charge in [0.2, 0.25) is 0 Å². The lowest BCUT2D eigenvalue weighted by Gasteiger charge is -2.19. The fourth-order valence-electron chi connectivity index (χ4n) is 5.32. The average molecular weight is 475 g/mol. The van der Waals surface area contributed by atoms with Gasteiger partial charge in [0.05, 0.1) is 34.5 Å². The number of Topliss-reactive ketones (excluding diaryl/α,β-unsaturated/α-hetero) is 1. The van der Waals surface area contributed by atoms with Gasteiger partial charge in [-0.25, -0.2) is 0 Å². The normalized spacial score (nSPS) is 25.7. The number of allylic oxidation sites excluding steroid dienone is 1. The molecule has 0 amide bonds. The Morgan fingerprint density at radius 2 is 1.85 bits per heavy atom. The minimum Gasteiger partial charge on any atom is -0.511 e. The SMILES string of the molecule is CCc1ccc(Oc2ccc([N+](=O)[O-])cc2C(F)(F)F)cc1C1=C(O)[C@H]2[C@@H](C1=O)[C@@H]1CC[C@H]2O1. The van der Waals surface area contributed by atoms with Crippen molar-refractivity contribution in [3.8, 4) is 11.5 Å². The molecule has 0 saturated carbocycles. The summed E-state index contributed by atoms with van der Waals surface area (Å²) in [4.78, 5) is 23.3. The molecule has 0 aromatic heterocycles. The number of aliphatic hydroxyl groups excluding tert-OH is 1. The van der Waals surface area contributed by atoms with Crippen LogP contribution in [-0.2, 0) is 22.1 Å². The van der Waals surface area contributed by atoms with E-state index in [0.717, 1.165) is 30.5 Å². The number of hydrogen-bond acceptors (Lipinski definition) is 6. The van der Waals surface area contributed by atoms with Crippen LogP contribution in [0.15, 0.2) is 42.2 Å². The molecule has 7 nitrogen and oxygen atoms in total. The van der Waals surface area contributed by atoms with Crippen LogP contribution in [-0.4, -0.2) is 28.0 Å². The quantitative estimate of drug-likeness (QED) is 0.446. The summed E-state index contributed by atoms with van der Waals surface area (Å²) in [6.45, 7) is 1.86. The summed E-state index contributed by atoms with van der Waals surface area (Å²) in [5, 5.41) is 21.9. The van der Waals surface area contributed by atoms with Gasteiger partial charge in [0.1, 0.15) is 22.8 Å². The van der Waals surface area contributed by atoms with Crippen molar-refractivity contribution < 1.29 is 37.5 Å². The summed E-state index contributed by atoms with van der Waals surface area (Å²) in [5.41, 5.74) is -0.693. The number of halogens is 3. The van der Waals surface area contributed by atoms with E-state index in [2.05, 4.69) is 0 Å². The molecule has 178 valence electrons. The number of ketones is 1. The summed E-state index contributed by atoms with van der Waals surface area (Å²) < 4.78 is 52.0. The highest BCUT2D eigenvalue weighted by molar-refractivity contribution is 6.25. The fourth-order valence-corrected chi connectivity index (χ4v) is 5.32. The Hall–Kier alpha value is -3.40. The van der Waals surface area contributed by atoms with Gasteiger partial charge in [-0.3, -0.25) is 14.9 Å². The molecule has 2 aromatic rings. The number of fused-ring (bicyclic) bond motifs is 5. The van der Waals surface area contributed by atoms with Gasteiger partial charge in [-0.05, 0) is 48.6 Å². The molecule has 34 heavy (non-hydrogen) atoms. The molecule has 2 aliphatic heterocycles. The van der Waals surface area contributed by atoms with Crippen LogP contribution in [0, 0.1) is 22.0 Å². The van der Waals surface area contributed by atoms with E-state index in [0.29, 0.717) is 18.1 Å². The zero-order valence-electron chi connectivity index (χ0n) is 18.0. The van der Waals surface area contributed by atoms with E-state index in [1.165, 1.54) is 12.1 Å². The van der Waals surface area contributed by atoms with Crippen molar-refractivity contribution in [2.24, 2.45) is 11.8 Å². The number of ether oxygens (including phenoxy) is 2. The van der Waals surface area contributed by atoms with E-state index in [9.17, 15) is 33.2 Å². The maximum Gasteiger partial charge on any atom is 0.420 e. The van der Waals surface area contributed by atoms with Crippen LogP contribution in [0.4, 0.5) is 18.9 Å². The molecule has 4 atom stereocenters. The van der Waals surface area contributed by atoms with Crippen molar-refractivity contribution in [2.75, 3.05) is 0 Å². The molecule has 2 saturated heterocycles. The zero-order valence-corrected chi connectivity index (χ0v) is 18.0. The highest BCUT2D eigenvalue weighted by atomic mass is 19.4. The Bertz CT molecular complexity index is 1240. The topological polar surface area (TPSA) is 98.9 Å². The van der Waals surface area contributed by atoms with E-state index >= 15 is 0 Å². The molecule has 1 aliphatic carbocycles. The van der Waals surface area contributed by atoms with Crippen LogP contribution in [0.5, 0.6) is 11.5 Å². The van der Waals surface area contributed by atoms with Crippen molar-refractivity contribution in [3.63, 3.8) is 0 Å². The first kappa shape index (κ1) is 22.4. The summed E-state index contributed by atoms with van der Waals surface area (Å²) >= 11 is 0. The minimum absolute atomic E-state index is 0.0101. The van der Waals surface area contributed by atoms with Gasteiger partial charge in [0, 0.05) is 12.1 Å². The summed E-state index contributed by atoms with van der Waals surface area (Å²) in [7, 11) is 0. The van der Waals surface area contributed by atoms with Crippen LogP contribution in [0.25, 0.3) is 5.57 Å². The monoisotopic (exact) mass is 475 g/mol. The fraction of sp³-hybridized carbons (Fsp3) is 0.375. The third-order valence-corrected chi connectivity index (χ3v) is 6.83. The van der Waals surface area contributed by atoms with Gasteiger partial charge in [0.25, 0.3) is 5.69 Å². The minimum atomic E-state index is -4.88. The zero-order chi connectivity index (χ0) is 24.4. The predicted octanol–water partition coefficient (Wildman–Crippen LogP) is 5.61.